The third-order valence-electron chi connectivity index (χ3n) is 3.11. The summed E-state index contributed by atoms with van der Waals surface area (Å²) >= 11 is 0. The highest BCUT2D eigenvalue weighted by molar-refractivity contribution is 5.89. The molecule has 102 valence electrons. The van der Waals surface area contributed by atoms with Gasteiger partial charge in [0.15, 0.2) is 0 Å². The highest BCUT2D eigenvalue weighted by atomic mass is 16.5. The van der Waals surface area contributed by atoms with Gasteiger partial charge in [0, 0.05) is 17.3 Å². The van der Waals surface area contributed by atoms with Crippen LogP contribution < -0.4 is 10.5 Å². The molecule has 0 fully saturated rings. The van der Waals surface area contributed by atoms with Gasteiger partial charge in [-0.3, -0.25) is 5.10 Å². The van der Waals surface area contributed by atoms with Crippen molar-refractivity contribution in [2.75, 3.05) is 12.8 Å². The maximum Gasteiger partial charge on any atom is 0.230 e. The summed E-state index contributed by atoms with van der Waals surface area (Å²) in [4.78, 5) is 0. The zero-order valence-electron chi connectivity index (χ0n) is 11.2. The second-order valence-corrected chi connectivity index (χ2v) is 4.46. The van der Waals surface area contributed by atoms with E-state index in [9.17, 15) is 0 Å². The summed E-state index contributed by atoms with van der Waals surface area (Å²) in [7, 11) is 1.62. The lowest BCUT2D eigenvalue weighted by molar-refractivity contribution is 0.416. The SMILES string of the molecule is COc1ccc(C)cc1-c1c(-c2cn[nH]c2)noc1N. The number of nitrogen functional groups attached to an aromatic ring is 1. The molecule has 6 nitrogen and oxygen atoms in total. The summed E-state index contributed by atoms with van der Waals surface area (Å²) in [5.74, 6) is 0.973. The summed E-state index contributed by atoms with van der Waals surface area (Å²) in [6.07, 6.45) is 3.41. The first kappa shape index (κ1) is 12.3. The molecule has 0 unspecified atom stereocenters. The zero-order chi connectivity index (χ0) is 14.1. The van der Waals surface area contributed by atoms with Crippen molar-refractivity contribution in [1.82, 2.24) is 15.4 Å². The number of aryl methyl sites for hydroxylation is 1. The van der Waals surface area contributed by atoms with E-state index in [1.165, 1.54) is 0 Å². The maximum absolute atomic E-state index is 5.94. The summed E-state index contributed by atoms with van der Waals surface area (Å²) in [6.45, 7) is 2.00. The average Bonchev–Trinajstić information content (AvgIpc) is 3.07. The Balaban J connectivity index is 2.25. The number of nitrogens with one attached hydrogen (secondary N) is 1. The molecule has 2 heterocycles. The van der Waals surface area contributed by atoms with Crippen LogP contribution in [0, 0.1) is 6.92 Å². The molecule has 1 aromatic carbocycles. The number of hydrogen-bond acceptors (Lipinski definition) is 5. The second-order valence-electron chi connectivity index (χ2n) is 4.46. The Morgan fingerprint density at radius 2 is 2.20 bits per heavy atom. The van der Waals surface area contributed by atoms with Crippen molar-refractivity contribution in [3.05, 3.63) is 36.2 Å². The summed E-state index contributed by atoms with van der Waals surface area (Å²) in [5.41, 5.74) is 10.0. The van der Waals surface area contributed by atoms with Crippen LogP contribution in [-0.2, 0) is 0 Å². The smallest absolute Gasteiger partial charge is 0.230 e. The minimum absolute atomic E-state index is 0.255. The van der Waals surface area contributed by atoms with Gasteiger partial charge in [0.2, 0.25) is 5.88 Å². The van der Waals surface area contributed by atoms with Crippen LogP contribution in [0.1, 0.15) is 5.56 Å². The molecule has 0 radical (unpaired) electrons. The molecular formula is C14H14N4O2. The molecule has 0 aliphatic heterocycles. The first-order valence-corrected chi connectivity index (χ1v) is 6.10. The molecule has 0 bridgehead atoms. The van der Waals surface area contributed by atoms with Crippen LogP contribution in [0.4, 0.5) is 5.88 Å². The van der Waals surface area contributed by atoms with Crippen molar-refractivity contribution in [1.29, 1.82) is 0 Å². The minimum atomic E-state index is 0.255. The number of hydrogen-bond donors (Lipinski definition) is 2. The molecule has 0 saturated carbocycles. The Bertz CT molecular complexity index is 732. The van der Waals surface area contributed by atoms with Crippen molar-refractivity contribution in [2.24, 2.45) is 0 Å². The third kappa shape index (κ3) is 1.91. The van der Waals surface area contributed by atoms with Crippen molar-refractivity contribution < 1.29 is 9.26 Å². The Hall–Kier alpha value is -2.76. The van der Waals surface area contributed by atoms with Gasteiger partial charge in [-0.15, -0.1) is 0 Å². The van der Waals surface area contributed by atoms with Gasteiger partial charge in [0.25, 0.3) is 0 Å². The van der Waals surface area contributed by atoms with E-state index in [4.69, 9.17) is 15.0 Å². The standard InChI is InChI=1S/C14H14N4O2/c1-8-3-4-11(19-2)10(5-8)12-13(18-20-14(12)15)9-6-16-17-7-9/h3-7H,15H2,1-2H3,(H,16,17). The number of nitrogens with zero attached hydrogens (tertiary/aromatic N) is 2. The molecule has 3 rings (SSSR count). The largest absolute Gasteiger partial charge is 0.496 e. The average molecular weight is 270 g/mol. The van der Waals surface area contributed by atoms with Crippen LogP contribution >= 0.6 is 0 Å². The second kappa shape index (κ2) is 4.73. The van der Waals surface area contributed by atoms with Crippen molar-refractivity contribution in [3.63, 3.8) is 0 Å². The van der Waals surface area contributed by atoms with Crippen molar-refractivity contribution >= 4 is 5.88 Å². The predicted octanol–water partition coefficient (Wildman–Crippen LogP) is 2.63. The van der Waals surface area contributed by atoms with Crippen LogP contribution in [0.3, 0.4) is 0 Å². The topological polar surface area (TPSA) is 90.0 Å². The van der Waals surface area contributed by atoms with Crippen LogP contribution in [0.2, 0.25) is 0 Å². The van der Waals surface area contributed by atoms with Crippen LogP contribution in [0.5, 0.6) is 5.75 Å². The normalized spacial score (nSPS) is 10.7. The van der Waals surface area contributed by atoms with E-state index in [2.05, 4.69) is 15.4 Å². The van der Waals surface area contributed by atoms with Crippen LogP contribution in [-0.4, -0.2) is 22.5 Å². The van der Waals surface area contributed by atoms with Crippen molar-refractivity contribution in [2.45, 2.75) is 6.92 Å². The van der Waals surface area contributed by atoms with Gasteiger partial charge in [0.05, 0.1) is 18.9 Å². The summed E-state index contributed by atoms with van der Waals surface area (Å²) in [5, 5.41) is 10.7. The highest BCUT2D eigenvalue weighted by Gasteiger charge is 2.21. The number of nitrogens with two attached hydrogens (primary N) is 1. The fraction of sp³-hybridized carbons (Fsp3) is 0.143. The lowest BCUT2D eigenvalue weighted by atomic mass is 10.00. The molecule has 0 spiro atoms. The molecule has 6 heteroatoms. The highest BCUT2D eigenvalue weighted by Crippen LogP contribution is 2.40. The van der Waals surface area contributed by atoms with Gasteiger partial charge >= 0.3 is 0 Å². The molecule has 2 aromatic heterocycles. The molecule has 0 aliphatic carbocycles. The van der Waals surface area contributed by atoms with E-state index < -0.39 is 0 Å². The number of aromatic nitrogens is 3. The zero-order valence-corrected chi connectivity index (χ0v) is 11.2. The molecular weight excluding hydrogens is 256 g/mol. The lowest BCUT2D eigenvalue weighted by Gasteiger charge is -2.09. The van der Waals surface area contributed by atoms with E-state index in [0.29, 0.717) is 11.3 Å². The van der Waals surface area contributed by atoms with Crippen LogP contribution in [0.25, 0.3) is 22.4 Å². The van der Waals surface area contributed by atoms with Gasteiger partial charge in [0.1, 0.15) is 11.4 Å². The first-order chi connectivity index (χ1) is 9.70. The molecule has 3 N–H and O–H groups in total. The number of methoxy groups -OCH3 is 1. The van der Waals surface area contributed by atoms with Gasteiger partial charge < -0.3 is 15.0 Å². The molecule has 20 heavy (non-hydrogen) atoms. The van der Waals surface area contributed by atoms with E-state index in [0.717, 1.165) is 22.4 Å². The number of H-pyrrole nitrogens is 1. The molecule has 0 aliphatic rings. The Morgan fingerprint density at radius 3 is 2.90 bits per heavy atom. The fourth-order valence-corrected chi connectivity index (χ4v) is 2.16. The van der Waals surface area contributed by atoms with E-state index >= 15 is 0 Å². The Kier molecular flexibility index (Phi) is 2.90. The number of ether oxygens (including phenoxy) is 1. The summed E-state index contributed by atoms with van der Waals surface area (Å²) in [6, 6.07) is 5.87. The lowest BCUT2D eigenvalue weighted by Crippen LogP contribution is -1.92. The van der Waals surface area contributed by atoms with Gasteiger partial charge in [-0.25, -0.2) is 0 Å². The third-order valence-corrected chi connectivity index (χ3v) is 3.11. The van der Waals surface area contributed by atoms with Gasteiger partial charge in [-0.1, -0.05) is 16.8 Å². The first-order valence-electron chi connectivity index (χ1n) is 6.10. The van der Waals surface area contributed by atoms with Gasteiger partial charge in [-0.05, 0) is 19.1 Å². The Labute approximate surface area is 115 Å². The molecule has 0 amide bonds. The van der Waals surface area contributed by atoms with E-state index in [-0.39, 0.29) is 5.88 Å². The maximum atomic E-state index is 5.94. The minimum Gasteiger partial charge on any atom is -0.496 e. The molecule has 0 atom stereocenters. The molecule has 3 aromatic rings. The number of anilines is 1. The quantitative estimate of drug-likeness (QED) is 0.763. The van der Waals surface area contributed by atoms with E-state index in [1.54, 1.807) is 19.5 Å². The fourth-order valence-electron chi connectivity index (χ4n) is 2.16. The number of benzene rings is 1. The summed E-state index contributed by atoms with van der Waals surface area (Å²) < 4.78 is 10.5. The monoisotopic (exact) mass is 270 g/mol. The number of rotatable bonds is 3. The van der Waals surface area contributed by atoms with Crippen LogP contribution in [0.15, 0.2) is 35.1 Å². The van der Waals surface area contributed by atoms with Gasteiger partial charge in [-0.2, -0.15) is 5.10 Å². The number of aromatic amines is 1. The Morgan fingerprint density at radius 1 is 1.35 bits per heavy atom. The molecule has 0 saturated heterocycles. The van der Waals surface area contributed by atoms with E-state index in [1.807, 2.05) is 25.1 Å². The predicted molar refractivity (Wildman–Crippen MR) is 75.2 cm³/mol. The van der Waals surface area contributed by atoms with Crippen molar-refractivity contribution in [3.8, 4) is 28.1 Å².